The number of aliphatic hydroxyl groups excluding tert-OH is 3. The minimum atomic E-state index is -1.82. The van der Waals surface area contributed by atoms with Gasteiger partial charge in [-0.25, -0.2) is 0 Å². The lowest BCUT2D eigenvalue weighted by Crippen LogP contribution is -2.61. The molecule has 0 aromatic rings. The van der Waals surface area contributed by atoms with Crippen LogP contribution in [0.2, 0.25) is 0 Å². The highest BCUT2D eigenvalue weighted by Crippen LogP contribution is 2.48. The van der Waals surface area contributed by atoms with E-state index in [2.05, 4.69) is 4.90 Å². The molecular weight excluding hydrogens is 686 g/mol. The van der Waals surface area contributed by atoms with Gasteiger partial charge in [-0.05, 0) is 92.8 Å². The second-order valence-electron chi connectivity index (χ2n) is 17.5. The molecule has 0 aromatic heterocycles. The van der Waals surface area contributed by atoms with E-state index in [0.29, 0.717) is 18.6 Å². The second kappa shape index (κ2) is 16.6. The van der Waals surface area contributed by atoms with Crippen LogP contribution in [0.25, 0.3) is 0 Å². The number of aliphatic hydroxyl groups is 4. The topological polar surface area (TPSA) is 166 Å². The van der Waals surface area contributed by atoms with Crippen molar-refractivity contribution in [2.75, 3.05) is 20.2 Å². The number of carbonyl (C=O) groups is 1. The number of cyclic esters (lactones) is 1. The van der Waals surface area contributed by atoms with Crippen molar-refractivity contribution in [3.8, 4) is 0 Å². The lowest BCUT2D eigenvalue weighted by Gasteiger charge is -2.49. The zero-order chi connectivity index (χ0) is 39.2. The number of hydrogen-bond donors (Lipinski definition) is 4. The van der Waals surface area contributed by atoms with E-state index in [1.165, 1.54) is 20.5 Å². The summed E-state index contributed by atoms with van der Waals surface area (Å²) in [7, 11) is 1.54. The van der Waals surface area contributed by atoms with E-state index in [-0.39, 0.29) is 25.0 Å². The van der Waals surface area contributed by atoms with Crippen LogP contribution < -0.4 is 0 Å². The first-order valence-corrected chi connectivity index (χ1v) is 20.0. The Kier molecular flexibility index (Phi) is 13.4. The third-order valence-corrected chi connectivity index (χ3v) is 13.1. The molecule has 0 spiro atoms. The largest absolute Gasteiger partial charge is 0.488 e. The van der Waals surface area contributed by atoms with Crippen molar-refractivity contribution in [2.24, 2.45) is 17.8 Å². The zero-order valence-corrected chi connectivity index (χ0v) is 33.9. The first-order valence-electron chi connectivity index (χ1n) is 20.0. The summed E-state index contributed by atoms with van der Waals surface area (Å²) in [6.45, 7) is 20.0. The number of ether oxygens (including phenoxy) is 7. The van der Waals surface area contributed by atoms with E-state index in [4.69, 9.17) is 33.2 Å². The summed E-state index contributed by atoms with van der Waals surface area (Å²) in [5.41, 5.74) is -2.93. The van der Waals surface area contributed by atoms with Crippen LogP contribution in [0.4, 0.5) is 0 Å². The van der Waals surface area contributed by atoms with Crippen LogP contribution >= 0.6 is 0 Å². The van der Waals surface area contributed by atoms with Crippen LogP contribution in [-0.2, 0) is 38.0 Å². The number of piperidine rings is 1. The van der Waals surface area contributed by atoms with Crippen LogP contribution in [-0.4, -0.2) is 136 Å². The molecule has 17 atom stereocenters. The average Bonchev–Trinajstić information content (AvgIpc) is 3.44. The van der Waals surface area contributed by atoms with Gasteiger partial charge in [0, 0.05) is 31.9 Å². The lowest BCUT2D eigenvalue weighted by molar-refractivity contribution is -0.317. The number of likely N-dealkylation sites (tertiary alicyclic amines) is 1. The van der Waals surface area contributed by atoms with Crippen molar-refractivity contribution < 1.29 is 58.4 Å². The fraction of sp³-hybridized carbons (Fsp3) is 0.925. The van der Waals surface area contributed by atoms with Gasteiger partial charge in [-0.2, -0.15) is 0 Å². The van der Waals surface area contributed by atoms with Crippen LogP contribution in [0.1, 0.15) is 114 Å². The van der Waals surface area contributed by atoms with Gasteiger partial charge in [0.1, 0.15) is 41.4 Å². The second-order valence-corrected chi connectivity index (χ2v) is 17.5. The Balaban J connectivity index is 1.57. The molecule has 13 nitrogen and oxygen atoms in total. The Labute approximate surface area is 316 Å². The molecule has 5 aliphatic heterocycles. The van der Waals surface area contributed by atoms with Crippen LogP contribution in [0.15, 0.2) is 11.3 Å². The lowest BCUT2D eigenvalue weighted by atomic mass is 9.78. The Morgan fingerprint density at radius 1 is 1.02 bits per heavy atom. The highest BCUT2D eigenvalue weighted by molar-refractivity contribution is 5.73. The highest BCUT2D eigenvalue weighted by atomic mass is 16.7. The van der Waals surface area contributed by atoms with E-state index in [1.807, 2.05) is 34.6 Å². The Morgan fingerprint density at radius 3 is 2.30 bits per heavy atom. The molecule has 5 aliphatic rings. The Bertz CT molecular complexity index is 1290. The summed E-state index contributed by atoms with van der Waals surface area (Å²) in [6.07, 6.45) is -3.68. The fourth-order valence-corrected chi connectivity index (χ4v) is 9.82. The number of methoxy groups -OCH3 is 1. The normalized spacial score (nSPS) is 46.5. The Morgan fingerprint density at radius 2 is 1.68 bits per heavy atom. The van der Waals surface area contributed by atoms with Gasteiger partial charge >= 0.3 is 5.97 Å². The molecule has 306 valence electrons. The monoisotopic (exact) mass is 755 g/mol. The molecular formula is C40H69NO12. The van der Waals surface area contributed by atoms with E-state index in [1.54, 1.807) is 27.7 Å². The van der Waals surface area contributed by atoms with Crippen molar-refractivity contribution in [1.29, 1.82) is 0 Å². The smallest absolute Gasteiger partial charge is 0.311 e. The summed E-state index contributed by atoms with van der Waals surface area (Å²) in [4.78, 5) is 16.7. The maximum absolute atomic E-state index is 14.4. The van der Waals surface area contributed by atoms with Crippen molar-refractivity contribution in [3.63, 3.8) is 0 Å². The van der Waals surface area contributed by atoms with E-state index in [9.17, 15) is 25.2 Å². The predicted molar refractivity (Wildman–Crippen MR) is 195 cm³/mol. The molecule has 13 heteroatoms. The molecule has 4 fully saturated rings. The number of hydrogen-bond acceptors (Lipinski definition) is 13. The first-order chi connectivity index (χ1) is 24.8. The summed E-state index contributed by atoms with van der Waals surface area (Å²) in [6, 6.07) is -0.140. The van der Waals surface area contributed by atoms with Crippen molar-refractivity contribution in [2.45, 2.75) is 198 Å². The maximum atomic E-state index is 14.4. The molecule has 0 radical (unpaired) electrons. The molecule has 5 rings (SSSR count). The molecule has 0 saturated carbocycles. The minimum absolute atomic E-state index is 0.140. The standard InChI is InChI=1S/C40H69NO12/c1-12-28(42)40(10,46)35-23(4)31-21(2)19-39(9,53-31)34(52-37-30(43)27(18-22(3)48-37)41-16-14-13-15-17-41)24(5)32(25(6)36(45)51-35)50-29-20-38(8,47-11)33(44)26(7)49-29/h22-30,32-35,37,42-44,46H,12-20H2,1-11H3/t22?,23-,24-,25+,26?,27?,28+,29-,30?,32-,33-,34+,35+,37-,38?,39+,40+/m0/s1. The van der Waals surface area contributed by atoms with Gasteiger partial charge in [-0.15, -0.1) is 0 Å². The molecule has 5 heterocycles. The minimum Gasteiger partial charge on any atom is -0.488 e. The first kappa shape index (κ1) is 42.7. The quantitative estimate of drug-likeness (QED) is 0.251. The highest BCUT2D eigenvalue weighted by Gasteiger charge is 2.57. The van der Waals surface area contributed by atoms with Gasteiger partial charge in [-0.3, -0.25) is 9.69 Å². The van der Waals surface area contributed by atoms with Gasteiger partial charge in [0.25, 0.3) is 0 Å². The molecule has 0 aromatic carbocycles. The Hall–Kier alpha value is -1.39. The number of esters is 1. The average molecular weight is 756 g/mol. The molecule has 4 N–H and O–H groups in total. The molecule has 0 aliphatic carbocycles. The van der Waals surface area contributed by atoms with E-state index >= 15 is 0 Å². The SMILES string of the molecule is CC[C@@H](O)[C@@](C)(O)[C@@H]1OC(=O)[C@H](C)[C@@H](O[C@H]2CC(C)(OC)[C@@H](O)C(C)O2)[C@H](C)[C@@H](O[C@@H]2OC(C)CC(N3CCCCC3)C2O)[C@@]2(C)CC(C)=C(O2)[C@@H]1C. The molecule has 5 unspecified atom stereocenters. The zero-order valence-electron chi connectivity index (χ0n) is 33.9. The number of nitrogens with zero attached hydrogens (tertiary/aromatic N) is 1. The van der Waals surface area contributed by atoms with E-state index in [0.717, 1.165) is 31.5 Å². The summed E-state index contributed by atoms with van der Waals surface area (Å²) in [5.74, 6) is -2.21. The van der Waals surface area contributed by atoms with Gasteiger partial charge in [0.05, 0.1) is 41.9 Å². The van der Waals surface area contributed by atoms with Gasteiger partial charge in [0.2, 0.25) is 0 Å². The molecule has 4 saturated heterocycles. The van der Waals surface area contributed by atoms with E-state index < -0.39 is 95.8 Å². The molecule has 2 bridgehead atoms. The molecule has 0 amide bonds. The third-order valence-electron chi connectivity index (χ3n) is 13.1. The summed E-state index contributed by atoms with van der Waals surface area (Å²) >= 11 is 0. The fourth-order valence-electron chi connectivity index (χ4n) is 9.82. The van der Waals surface area contributed by atoms with Crippen LogP contribution in [0.5, 0.6) is 0 Å². The third kappa shape index (κ3) is 8.50. The van der Waals surface area contributed by atoms with Gasteiger partial charge in [0.15, 0.2) is 12.6 Å². The van der Waals surface area contributed by atoms with Gasteiger partial charge in [-0.1, -0.05) is 27.2 Å². The molecule has 53 heavy (non-hydrogen) atoms. The predicted octanol–water partition coefficient (Wildman–Crippen LogP) is 3.82. The van der Waals surface area contributed by atoms with Crippen molar-refractivity contribution in [3.05, 3.63) is 11.3 Å². The number of carbonyl (C=O) groups excluding carboxylic acids is 1. The number of fused-ring (bicyclic) bond motifs is 2. The van der Waals surface area contributed by atoms with Gasteiger partial charge < -0.3 is 53.6 Å². The summed E-state index contributed by atoms with van der Waals surface area (Å²) in [5, 5.41) is 45.7. The van der Waals surface area contributed by atoms with Crippen LogP contribution in [0.3, 0.4) is 0 Å². The van der Waals surface area contributed by atoms with Crippen molar-refractivity contribution in [1.82, 2.24) is 4.90 Å². The van der Waals surface area contributed by atoms with Crippen molar-refractivity contribution >= 4 is 5.97 Å². The maximum Gasteiger partial charge on any atom is 0.311 e. The van der Waals surface area contributed by atoms with Crippen LogP contribution in [0, 0.1) is 17.8 Å². The summed E-state index contributed by atoms with van der Waals surface area (Å²) < 4.78 is 45.4. The number of rotatable bonds is 9.